The molecule has 2 heterocycles. The number of hydrogen-bond acceptors (Lipinski definition) is 8. The molecule has 10 heteroatoms. The molecule has 0 aliphatic heterocycles. The number of benzene rings is 3. The average molecular weight is 551 g/mol. The molecule has 0 atom stereocenters. The van der Waals surface area contributed by atoms with Crippen LogP contribution in [0.25, 0.3) is 20.9 Å². The fourth-order valence-electron chi connectivity index (χ4n) is 3.66. The van der Waals surface area contributed by atoms with Crippen molar-refractivity contribution in [2.75, 3.05) is 25.6 Å². The quantitative estimate of drug-likeness (QED) is 0.177. The van der Waals surface area contributed by atoms with E-state index in [0.29, 0.717) is 41.9 Å². The van der Waals surface area contributed by atoms with Crippen LogP contribution in [0.1, 0.15) is 11.1 Å². The van der Waals surface area contributed by atoms with Crippen molar-refractivity contribution in [1.29, 1.82) is 0 Å². The Morgan fingerprint density at radius 2 is 1.82 bits per heavy atom. The molecule has 1 N–H and O–H groups in total. The Labute approximate surface area is 228 Å². The van der Waals surface area contributed by atoms with E-state index in [2.05, 4.69) is 15.3 Å². The summed E-state index contributed by atoms with van der Waals surface area (Å²) in [4.78, 5) is 14.4. The predicted octanol–water partition coefficient (Wildman–Crippen LogP) is 7.03. The molecule has 5 aromatic rings. The summed E-state index contributed by atoms with van der Waals surface area (Å²) in [7, 11) is 1.65. The lowest BCUT2D eigenvalue weighted by atomic mass is 10.1. The Morgan fingerprint density at radius 1 is 0.947 bits per heavy atom. The van der Waals surface area contributed by atoms with Gasteiger partial charge in [0, 0.05) is 18.4 Å². The van der Waals surface area contributed by atoms with Crippen LogP contribution >= 0.6 is 22.9 Å². The van der Waals surface area contributed by atoms with E-state index >= 15 is 0 Å². The standard InChI is InChI=1S/C28H24ClFN4O3S/c1-35-11-12-36-15-18-5-7-20(8-6-18)27-34-25-26(31-17-32-28(25)38-27)33-22-9-10-24(23(29)14-22)37-16-19-3-2-4-21(30)13-19/h2-10,13-14,17H,11-12,15-16H2,1H3,(H,31,32,33). The zero-order valence-electron chi connectivity index (χ0n) is 20.5. The van der Waals surface area contributed by atoms with E-state index in [1.807, 2.05) is 30.3 Å². The van der Waals surface area contributed by atoms with Gasteiger partial charge >= 0.3 is 0 Å². The molecule has 3 aromatic carbocycles. The number of thiazole rings is 1. The van der Waals surface area contributed by atoms with Gasteiger partial charge in [-0.05, 0) is 41.5 Å². The number of halogens is 2. The zero-order chi connectivity index (χ0) is 26.3. The summed E-state index contributed by atoms with van der Waals surface area (Å²) in [6.45, 7) is 1.86. The second-order valence-corrected chi connectivity index (χ2v) is 9.71. The van der Waals surface area contributed by atoms with Gasteiger partial charge in [-0.1, -0.05) is 59.3 Å². The smallest absolute Gasteiger partial charge is 0.161 e. The zero-order valence-corrected chi connectivity index (χ0v) is 22.1. The predicted molar refractivity (Wildman–Crippen MR) is 148 cm³/mol. The molecular weight excluding hydrogens is 527 g/mol. The van der Waals surface area contributed by atoms with E-state index in [4.69, 9.17) is 30.8 Å². The van der Waals surface area contributed by atoms with Crippen LogP contribution in [-0.2, 0) is 22.7 Å². The highest BCUT2D eigenvalue weighted by Crippen LogP contribution is 2.34. The van der Waals surface area contributed by atoms with Crippen molar-refractivity contribution in [1.82, 2.24) is 15.0 Å². The second-order valence-electron chi connectivity index (χ2n) is 8.33. The average Bonchev–Trinajstić information content (AvgIpc) is 3.37. The molecule has 0 spiro atoms. The van der Waals surface area contributed by atoms with Gasteiger partial charge in [0.1, 0.15) is 39.9 Å². The molecular formula is C28H24ClFN4O3S. The first-order chi connectivity index (χ1) is 18.6. The van der Waals surface area contributed by atoms with Gasteiger partial charge in [0.2, 0.25) is 0 Å². The van der Waals surface area contributed by atoms with Gasteiger partial charge < -0.3 is 19.5 Å². The van der Waals surface area contributed by atoms with Gasteiger partial charge in [-0.25, -0.2) is 19.3 Å². The number of nitrogens with one attached hydrogen (secondary N) is 1. The number of ether oxygens (including phenoxy) is 3. The third-order valence-corrected chi connectivity index (χ3v) is 6.88. The summed E-state index contributed by atoms with van der Waals surface area (Å²) >= 11 is 7.95. The van der Waals surface area contributed by atoms with Crippen molar-refractivity contribution in [3.63, 3.8) is 0 Å². The molecule has 0 aliphatic rings. The summed E-state index contributed by atoms with van der Waals surface area (Å²) in [6, 6.07) is 19.7. The minimum Gasteiger partial charge on any atom is -0.487 e. The van der Waals surface area contributed by atoms with Gasteiger partial charge in [0.05, 0.1) is 24.8 Å². The third-order valence-electron chi connectivity index (χ3n) is 5.57. The fraction of sp³-hybridized carbons (Fsp3) is 0.179. The summed E-state index contributed by atoms with van der Waals surface area (Å²) in [5.74, 6) is 0.765. The number of aromatic nitrogens is 3. The van der Waals surface area contributed by atoms with Crippen LogP contribution in [0.2, 0.25) is 5.02 Å². The number of fused-ring (bicyclic) bond motifs is 1. The maximum Gasteiger partial charge on any atom is 0.161 e. The molecule has 0 radical (unpaired) electrons. The van der Waals surface area contributed by atoms with E-state index in [9.17, 15) is 4.39 Å². The molecule has 0 unspecified atom stereocenters. The van der Waals surface area contributed by atoms with Crippen LogP contribution in [0.4, 0.5) is 15.9 Å². The number of nitrogens with zero attached hydrogens (tertiary/aromatic N) is 3. The summed E-state index contributed by atoms with van der Waals surface area (Å²) < 4.78 is 29.8. The minimum absolute atomic E-state index is 0.209. The number of methoxy groups -OCH3 is 1. The highest BCUT2D eigenvalue weighted by atomic mass is 35.5. The lowest BCUT2D eigenvalue weighted by molar-refractivity contribution is 0.0617. The van der Waals surface area contributed by atoms with Crippen molar-refractivity contribution in [3.05, 3.63) is 95.0 Å². The molecule has 0 aliphatic carbocycles. The van der Waals surface area contributed by atoms with Crippen molar-refractivity contribution in [2.45, 2.75) is 13.2 Å². The van der Waals surface area contributed by atoms with E-state index in [0.717, 1.165) is 32.2 Å². The van der Waals surface area contributed by atoms with Crippen LogP contribution in [0.15, 0.2) is 73.1 Å². The molecule has 2 aromatic heterocycles. The Kier molecular flexibility index (Phi) is 8.40. The molecule has 7 nitrogen and oxygen atoms in total. The maximum atomic E-state index is 13.4. The lowest BCUT2D eigenvalue weighted by Crippen LogP contribution is -2.01. The van der Waals surface area contributed by atoms with Crippen molar-refractivity contribution in [3.8, 4) is 16.3 Å². The van der Waals surface area contributed by atoms with E-state index < -0.39 is 0 Å². The molecule has 0 amide bonds. The summed E-state index contributed by atoms with van der Waals surface area (Å²) in [5.41, 5.74) is 4.18. The topological polar surface area (TPSA) is 78.4 Å². The van der Waals surface area contributed by atoms with Gasteiger partial charge in [-0.15, -0.1) is 0 Å². The Balaban J connectivity index is 1.28. The Hall–Kier alpha value is -3.63. The van der Waals surface area contributed by atoms with E-state index in [1.165, 1.54) is 29.8 Å². The van der Waals surface area contributed by atoms with Crippen molar-refractivity contribution < 1.29 is 18.6 Å². The monoisotopic (exact) mass is 550 g/mol. The SMILES string of the molecule is COCCOCc1ccc(-c2nc3c(Nc4ccc(OCc5cccc(F)c5)c(Cl)c4)ncnc3s2)cc1. The molecule has 38 heavy (non-hydrogen) atoms. The molecule has 194 valence electrons. The lowest BCUT2D eigenvalue weighted by Gasteiger charge is -2.11. The van der Waals surface area contributed by atoms with Gasteiger partial charge in [0.25, 0.3) is 0 Å². The second kappa shape index (κ2) is 12.3. The van der Waals surface area contributed by atoms with Crippen LogP contribution in [-0.4, -0.2) is 35.3 Å². The van der Waals surface area contributed by atoms with Crippen LogP contribution in [0.3, 0.4) is 0 Å². The van der Waals surface area contributed by atoms with Crippen LogP contribution in [0, 0.1) is 5.82 Å². The fourth-order valence-corrected chi connectivity index (χ4v) is 4.81. The van der Waals surface area contributed by atoms with Crippen molar-refractivity contribution >= 4 is 44.8 Å². The number of hydrogen-bond donors (Lipinski definition) is 1. The van der Waals surface area contributed by atoms with E-state index in [-0.39, 0.29) is 12.4 Å². The Morgan fingerprint density at radius 3 is 2.61 bits per heavy atom. The largest absolute Gasteiger partial charge is 0.487 e. The minimum atomic E-state index is -0.307. The van der Waals surface area contributed by atoms with Crippen LogP contribution in [0.5, 0.6) is 5.75 Å². The summed E-state index contributed by atoms with van der Waals surface area (Å²) in [5, 5.41) is 4.54. The summed E-state index contributed by atoms with van der Waals surface area (Å²) in [6.07, 6.45) is 1.51. The molecule has 0 saturated heterocycles. The van der Waals surface area contributed by atoms with Crippen molar-refractivity contribution in [2.24, 2.45) is 0 Å². The van der Waals surface area contributed by atoms with E-state index in [1.54, 1.807) is 31.4 Å². The van der Waals surface area contributed by atoms with Gasteiger partial charge in [-0.2, -0.15) is 0 Å². The first-order valence-electron chi connectivity index (χ1n) is 11.8. The number of rotatable bonds is 11. The molecule has 0 bridgehead atoms. The third kappa shape index (κ3) is 6.43. The highest BCUT2D eigenvalue weighted by Gasteiger charge is 2.13. The van der Waals surface area contributed by atoms with Crippen LogP contribution < -0.4 is 10.1 Å². The highest BCUT2D eigenvalue weighted by molar-refractivity contribution is 7.21. The first-order valence-corrected chi connectivity index (χ1v) is 13.0. The molecule has 0 saturated carbocycles. The van der Waals surface area contributed by atoms with Gasteiger partial charge in [-0.3, -0.25) is 0 Å². The maximum absolute atomic E-state index is 13.4. The molecule has 5 rings (SSSR count). The molecule has 0 fully saturated rings. The number of anilines is 2. The normalized spacial score (nSPS) is 11.1. The van der Waals surface area contributed by atoms with Gasteiger partial charge in [0.15, 0.2) is 5.82 Å². The first kappa shape index (κ1) is 26.0. The Bertz CT molecular complexity index is 1530.